The van der Waals surface area contributed by atoms with Crippen LogP contribution in [0.4, 0.5) is 5.69 Å². The first kappa shape index (κ1) is 17.4. The molecule has 132 valence electrons. The molecule has 0 N–H and O–H groups in total. The zero-order chi connectivity index (χ0) is 18.7. The molecule has 0 aliphatic carbocycles. The van der Waals surface area contributed by atoms with Crippen LogP contribution in [0, 0.1) is 10.1 Å². The number of rotatable bonds is 5. The molecule has 3 aromatic rings. The highest BCUT2D eigenvalue weighted by molar-refractivity contribution is 6.50. The van der Waals surface area contributed by atoms with Crippen LogP contribution in [0.3, 0.4) is 0 Å². The second-order valence-corrected chi connectivity index (χ2v) is 5.52. The number of ether oxygens (including phenoxy) is 1. The van der Waals surface area contributed by atoms with Gasteiger partial charge in [0.2, 0.25) is 5.82 Å². The number of nitro benzene ring substituents is 1. The summed E-state index contributed by atoms with van der Waals surface area (Å²) in [6.45, 7) is 0. The molecule has 1 aromatic heterocycles. The van der Waals surface area contributed by atoms with Crippen molar-refractivity contribution in [2.24, 2.45) is 0 Å². The van der Waals surface area contributed by atoms with Gasteiger partial charge in [0.15, 0.2) is 0 Å². The Morgan fingerprint density at radius 2 is 2.04 bits per heavy atom. The van der Waals surface area contributed by atoms with E-state index >= 15 is 0 Å². The van der Waals surface area contributed by atoms with Gasteiger partial charge in [-0.1, -0.05) is 47.1 Å². The van der Waals surface area contributed by atoms with Gasteiger partial charge in [0.25, 0.3) is 11.6 Å². The van der Waals surface area contributed by atoms with E-state index in [0.29, 0.717) is 5.82 Å². The average molecular weight is 373 g/mol. The van der Waals surface area contributed by atoms with Crippen molar-refractivity contribution in [3.05, 3.63) is 64.0 Å². The minimum atomic E-state index is -0.810. The fourth-order valence-electron chi connectivity index (χ4n) is 2.21. The number of benzene rings is 2. The van der Waals surface area contributed by atoms with Gasteiger partial charge < -0.3 is 14.4 Å². The molecule has 0 radical (unpaired) electrons. The number of nitro groups is 1. The Bertz CT molecular complexity index is 985. The van der Waals surface area contributed by atoms with E-state index in [2.05, 4.69) is 10.1 Å². The maximum atomic E-state index is 11.8. The Morgan fingerprint density at radius 3 is 2.69 bits per heavy atom. The summed E-state index contributed by atoms with van der Waals surface area (Å²) in [5.74, 6) is -0.579. The zero-order valence-electron chi connectivity index (χ0n) is 13.4. The van der Waals surface area contributed by atoms with Gasteiger partial charge in [0, 0.05) is 17.4 Å². The maximum Gasteiger partial charge on any atom is 0.269 e. The molecule has 0 aliphatic rings. The molecule has 8 nitrogen and oxygen atoms in total. The minimum Gasteiger partial charge on any atom is -0.865 e. The first-order chi connectivity index (χ1) is 12.5. The zero-order valence-corrected chi connectivity index (χ0v) is 14.1. The number of methoxy groups -OCH3 is 1. The summed E-state index contributed by atoms with van der Waals surface area (Å²) < 4.78 is 10.0. The summed E-state index contributed by atoms with van der Waals surface area (Å²) in [6.07, 6.45) is 1.37. The first-order valence-corrected chi connectivity index (χ1v) is 7.67. The van der Waals surface area contributed by atoms with Gasteiger partial charge in [0.05, 0.1) is 12.0 Å². The third-order valence-corrected chi connectivity index (χ3v) is 3.70. The summed E-state index contributed by atoms with van der Waals surface area (Å²) in [4.78, 5) is 14.4. The molecule has 0 saturated carbocycles. The lowest BCUT2D eigenvalue weighted by molar-refractivity contribution is -0.398. The van der Waals surface area contributed by atoms with E-state index in [9.17, 15) is 15.2 Å². The van der Waals surface area contributed by atoms with Gasteiger partial charge in [0.1, 0.15) is 10.8 Å². The Hall–Kier alpha value is -3.39. The molecule has 26 heavy (non-hydrogen) atoms. The van der Waals surface area contributed by atoms with Gasteiger partial charge in [-0.3, -0.25) is 10.1 Å². The highest BCUT2D eigenvalue weighted by Crippen LogP contribution is 2.36. The lowest BCUT2D eigenvalue weighted by Gasteiger charge is -2.13. The van der Waals surface area contributed by atoms with Crippen molar-refractivity contribution >= 4 is 28.4 Å². The topological polar surface area (TPSA) is 114 Å². The van der Waals surface area contributed by atoms with Crippen LogP contribution in [0.15, 0.2) is 47.0 Å². The van der Waals surface area contributed by atoms with Crippen molar-refractivity contribution < 1.29 is 19.3 Å². The third kappa shape index (κ3) is 3.50. The molecule has 0 bridgehead atoms. The molecule has 0 atom stereocenters. The average Bonchev–Trinajstić information content (AvgIpc) is 3.14. The highest BCUT2D eigenvalue weighted by atomic mass is 35.5. The molecule has 0 amide bonds. The third-order valence-electron chi connectivity index (χ3n) is 3.43. The van der Waals surface area contributed by atoms with Crippen LogP contribution < -0.4 is 9.84 Å². The second kappa shape index (κ2) is 7.24. The number of hydrogen-bond donors (Lipinski definition) is 0. The minimum absolute atomic E-state index is 0.0401. The molecule has 9 heteroatoms. The van der Waals surface area contributed by atoms with Crippen molar-refractivity contribution in [2.45, 2.75) is 0 Å². The smallest absolute Gasteiger partial charge is 0.269 e. The van der Waals surface area contributed by atoms with Gasteiger partial charge in [-0.25, -0.2) is 0 Å². The fraction of sp³-hybridized carbons (Fsp3) is 0.0588. The molecule has 1 heterocycles. The van der Waals surface area contributed by atoms with E-state index in [1.807, 2.05) is 30.3 Å². The van der Waals surface area contributed by atoms with Crippen LogP contribution in [0.25, 0.3) is 22.5 Å². The molecule has 0 spiro atoms. The fourth-order valence-corrected chi connectivity index (χ4v) is 2.41. The Balaban J connectivity index is 1.97. The second-order valence-electron chi connectivity index (χ2n) is 5.11. The van der Waals surface area contributed by atoms with E-state index in [1.165, 1.54) is 19.3 Å². The molecule has 0 unspecified atom stereocenters. The van der Waals surface area contributed by atoms with Crippen LogP contribution in [-0.4, -0.2) is 22.2 Å². The summed E-state index contributed by atoms with van der Waals surface area (Å²) in [5, 5.41) is 26.8. The molecule has 2 aromatic carbocycles. The number of nitrogens with zero attached hydrogens (tertiary/aromatic N) is 3. The summed E-state index contributed by atoms with van der Waals surface area (Å²) >= 11 is 6.18. The predicted molar refractivity (Wildman–Crippen MR) is 92.6 cm³/mol. The number of halogens is 1. The van der Waals surface area contributed by atoms with Crippen molar-refractivity contribution in [1.82, 2.24) is 10.1 Å². The largest absolute Gasteiger partial charge is 0.865 e. The Morgan fingerprint density at radius 1 is 1.31 bits per heavy atom. The van der Waals surface area contributed by atoms with Crippen molar-refractivity contribution in [1.29, 1.82) is 0 Å². The Kier molecular flexibility index (Phi) is 4.85. The normalized spacial score (nSPS) is 11.4. The molecule has 0 saturated heterocycles. The van der Waals surface area contributed by atoms with Crippen molar-refractivity contribution in [3.63, 3.8) is 0 Å². The monoisotopic (exact) mass is 372 g/mol. The van der Waals surface area contributed by atoms with Crippen LogP contribution in [0.1, 0.15) is 11.5 Å². The van der Waals surface area contributed by atoms with Crippen LogP contribution in [-0.2, 0) is 0 Å². The molecular formula is C17H11ClN3O5-. The van der Waals surface area contributed by atoms with E-state index in [-0.39, 0.29) is 22.2 Å². The summed E-state index contributed by atoms with van der Waals surface area (Å²) in [6, 6.07) is 11.6. The maximum absolute atomic E-state index is 11.8. The van der Waals surface area contributed by atoms with Gasteiger partial charge in [-0.2, -0.15) is 4.98 Å². The highest BCUT2D eigenvalue weighted by Gasteiger charge is 2.15. The van der Waals surface area contributed by atoms with Crippen LogP contribution in [0.5, 0.6) is 11.5 Å². The quantitative estimate of drug-likeness (QED) is 0.497. The van der Waals surface area contributed by atoms with Gasteiger partial charge in [-0.05, 0) is 17.7 Å². The van der Waals surface area contributed by atoms with Crippen molar-refractivity contribution in [2.75, 3.05) is 7.11 Å². The van der Waals surface area contributed by atoms with E-state index in [4.69, 9.17) is 20.9 Å². The van der Waals surface area contributed by atoms with Crippen molar-refractivity contribution in [3.8, 4) is 22.9 Å². The van der Waals surface area contributed by atoms with Crippen LogP contribution >= 0.6 is 11.6 Å². The SMILES string of the molecule is COc1cc(/C=C(\Cl)c2nc(-c3ccccc3)no2)cc([N+](=O)[O-])c1[O-]. The lowest BCUT2D eigenvalue weighted by atomic mass is 10.1. The molecule has 0 fully saturated rings. The van der Waals surface area contributed by atoms with E-state index in [0.717, 1.165) is 11.6 Å². The molecule has 0 aliphatic heterocycles. The number of aromatic nitrogens is 2. The van der Waals surface area contributed by atoms with E-state index in [1.54, 1.807) is 0 Å². The molecular weight excluding hydrogens is 362 g/mol. The lowest BCUT2D eigenvalue weighted by Crippen LogP contribution is -2.01. The first-order valence-electron chi connectivity index (χ1n) is 7.29. The molecule has 3 rings (SSSR count). The Labute approximate surface area is 152 Å². The van der Waals surface area contributed by atoms with Gasteiger partial charge >= 0.3 is 0 Å². The number of hydrogen-bond acceptors (Lipinski definition) is 7. The summed E-state index contributed by atoms with van der Waals surface area (Å²) in [7, 11) is 1.25. The van der Waals surface area contributed by atoms with Gasteiger partial charge in [-0.15, -0.1) is 0 Å². The standard InChI is InChI=1S/C17H12ClN3O5/c1-25-14-9-10(8-13(15(14)22)21(23)24)7-12(18)17-19-16(20-26-17)11-5-3-2-4-6-11/h2-9,22H,1H3/p-1/b12-7-. The predicted octanol–water partition coefficient (Wildman–Crippen LogP) is 3.46. The van der Waals surface area contributed by atoms with Crippen LogP contribution in [0.2, 0.25) is 0 Å². The summed E-state index contributed by atoms with van der Waals surface area (Å²) in [5.41, 5.74) is 0.424. The van der Waals surface area contributed by atoms with E-state index < -0.39 is 16.4 Å².